The number of fused-ring (bicyclic) bond motifs is 1. The summed E-state index contributed by atoms with van der Waals surface area (Å²) < 4.78 is 5.53. The number of nitrogens with one attached hydrogen (secondary N) is 1. The smallest absolute Gasteiger partial charge is 0.237 e. The number of amidine groups is 1. The van der Waals surface area contributed by atoms with E-state index >= 15 is 0 Å². The summed E-state index contributed by atoms with van der Waals surface area (Å²) >= 11 is 0. The Morgan fingerprint density at radius 3 is 2.84 bits per heavy atom. The SMILES string of the molecule is C/C=C1/C=CC(c2cnc3c(c2)NCCO3)=CC1=NC(C)=NC.CC. The Morgan fingerprint density at radius 2 is 2.12 bits per heavy atom. The van der Waals surface area contributed by atoms with Gasteiger partial charge in [0.15, 0.2) is 0 Å². The zero-order chi connectivity index (χ0) is 18.2. The van der Waals surface area contributed by atoms with Crippen molar-refractivity contribution in [1.29, 1.82) is 0 Å². The van der Waals surface area contributed by atoms with E-state index in [1.54, 1.807) is 7.05 Å². The van der Waals surface area contributed by atoms with Crippen molar-refractivity contribution in [2.24, 2.45) is 9.98 Å². The third-order valence-electron chi connectivity index (χ3n) is 3.79. The predicted molar refractivity (Wildman–Crippen MR) is 107 cm³/mol. The normalized spacial score (nSPS) is 19.4. The average molecular weight is 338 g/mol. The summed E-state index contributed by atoms with van der Waals surface area (Å²) in [5.74, 6) is 1.42. The summed E-state index contributed by atoms with van der Waals surface area (Å²) in [4.78, 5) is 13.1. The highest BCUT2D eigenvalue weighted by atomic mass is 16.5. The Hall–Kier alpha value is -2.69. The van der Waals surface area contributed by atoms with Crippen molar-refractivity contribution in [3.05, 3.63) is 47.7 Å². The van der Waals surface area contributed by atoms with Gasteiger partial charge in [-0.05, 0) is 37.1 Å². The molecular formula is C20H26N4O. The Bertz CT molecular complexity index is 770. The molecule has 0 bridgehead atoms. The van der Waals surface area contributed by atoms with Crippen molar-refractivity contribution >= 4 is 22.8 Å². The fraction of sp³-hybridized carbons (Fsp3) is 0.350. The van der Waals surface area contributed by atoms with Crippen molar-refractivity contribution in [3.8, 4) is 5.88 Å². The first kappa shape index (κ1) is 18.6. The van der Waals surface area contributed by atoms with E-state index in [1.165, 1.54) is 0 Å². The van der Waals surface area contributed by atoms with E-state index in [2.05, 4.69) is 44.6 Å². The fourth-order valence-electron chi connectivity index (χ4n) is 2.47. The van der Waals surface area contributed by atoms with E-state index in [9.17, 15) is 0 Å². The van der Waals surface area contributed by atoms with Crippen LogP contribution in [0.5, 0.6) is 5.88 Å². The van der Waals surface area contributed by atoms with Gasteiger partial charge in [0.25, 0.3) is 0 Å². The lowest BCUT2D eigenvalue weighted by Gasteiger charge is -2.19. The molecule has 0 saturated carbocycles. The molecule has 0 amide bonds. The number of rotatable bonds is 1. The van der Waals surface area contributed by atoms with Crippen LogP contribution in [0, 0.1) is 0 Å². The van der Waals surface area contributed by atoms with Gasteiger partial charge in [-0.2, -0.15) is 0 Å². The Labute approximate surface area is 150 Å². The molecule has 5 nitrogen and oxygen atoms in total. The fourth-order valence-corrected chi connectivity index (χ4v) is 2.47. The average Bonchev–Trinajstić information content (AvgIpc) is 2.69. The maximum Gasteiger partial charge on any atom is 0.237 e. The van der Waals surface area contributed by atoms with Crippen LogP contribution in [-0.2, 0) is 0 Å². The highest BCUT2D eigenvalue weighted by molar-refractivity contribution is 6.20. The summed E-state index contributed by atoms with van der Waals surface area (Å²) in [5, 5.41) is 3.32. The first-order valence-corrected chi connectivity index (χ1v) is 8.67. The molecule has 2 heterocycles. The molecule has 0 saturated heterocycles. The lowest BCUT2D eigenvalue weighted by atomic mass is 9.95. The van der Waals surface area contributed by atoms with Gasteiger partial charge in [0.05, 0.1) is 11.4 Å². The third-order valence-corrected chi connectivity index (χ3v) is 3.79. The molecule has 1 aliphatic heterocycles. The Balaban J connectivity index is 0.00000109. The van der Waals surface area contributed by atoms with Crippen LogP contribution in [0.3, 0.4) is 0 Å². The highest BCUT2D eigenvalue weighted by Crippen LogP contribution is 2.30. The molecule has 0 spiro atoms. The first-order chi connectivity index (χ1) is 12.2. The van der Waals surface area contributed by atoms with Crippen molar-refractivity contribution < 1.29 is 4.74 Å². The molecule has 2 aliphatic rings. The van der Waals surface area contributed by atoms with E-state index in [1.807, 2.05) is 40.0 Å². The molecule has 5 heteroatoms. The van der Waals surface area contributed by atoms with Crippen molar-refractivity contribution in [1.82, 2.24) is 4.98 Å². The van der Waals surface area contributed by atoms with E-state index in [4.69, 9.17) is 4.74 Å². The van der Waals surface area contributed by atoms with Gasteiger partial charge in [-0.3, -0.25) is 4.99 Å². The maximum absolute atomic E-state index is 5.53. The predicted octanol–water partition coefficient (Wildman–Crippen LogP) is 4.30. The van der Waals surface area contributed by atoms with Crippen LogP contribution < -0.4 is 10.1 Å². The molecule has 0 unspecified atom stereocenters. The molecule has 1 aliphatic carbocycles. The number of aliphatic imine (C=N–C) groups is 2. The van der Waals surface area contributed by atoms with E-state index in [-0.39, 0.29) is 0 Å². The van der Waals surface area contributed by atoms with Crippen LogP contribution in [0.2, 0.25) is 0 Å². The van der Waals surface area contributed by atoms with Gasteiger partial charge in [0.1, 0.15) is 12.4 Å². The molecule has 0 radical (unpaired) electrons. The summed E-state index contributed by atoms with van der Waals surface area (Å²) in [6.45, 7) is 9.36. The van der Waals surface area contributed by atoms with Gasteiger partial charge in [-0.15, -0.1) is 0 Å². The molecular weight excluding hydrogens is 312 g/mol. The summed E-state index contributed by atoms with van der Waals surface area (Å²) in [5.41, 5.74) is 5.04. The number of allylic oxidation sites excluding steroid dienone is 6. The minimum Gasteiger partial charge on any atom is -0.474 e. The second-order valence-corrected chi connectivity index (χ2v) is 5.30. The molecule has 1 N–H and O–H groups in total. The van der Waals surface area contributed by atoms with Gasteiger partial charge < -0.3 is 10.1 Å². The maximum atomic E-state index is 5.53. The number of hydrogen-bond donors (Lipinski definition) is 1. The van der Waals surface area contributed by atoms with Crippen LogP contribution in [-0.4, -0.2) is 36.7 Å². The number of nitrogens with zero attached hydrogens (tertiary/aromatic N) is 3. The van der Waals surface area contributed by atoms with E-state index in [0.29, 0.717) is 12.5 Å². The monoisotopic (exact) mass is 338 g/mol. The topological polar surface area (TPSA) is 58.9 Å². The summed E-state index contributed by atoms with van der Waals surface area (Å²) in [6, 6.07) is 2.07. The molecule has 0 fully saturated rings. The van der Waals surface area contributed by atoms with Crippen LogP contribution in [0.15, 0.2) is 52.1 Å². The Kier molecular flexibility index (Phi) is 6.69. The standard InChI is InChI=1S/C18H20N4O.C2H6/c1-4-13-5-6-14(9-16(13)22-12(2)19-3)15-10-17-18(21-11-15)23-8-7-20-17;1-2/h4-6,9-11,20H,7-8H2,1-3H3;1-2H3/b13-4-,19-12?,22-16?;. The minimum atomic E-state index is 0.652. The van der Waals surface area contributed by atoms with Gasteiger partial charge in [-0.1, -0.05) is 32.1 Å². The van der Waals surface area contributed by atoms with Crippen LogP contribution >= 0.6 is 0 Å². The largest absolute Gasteiger partial charge is 0.474 e. The summed E-state index contributed by atoms with van der Waals surface area (Å²) in [6.07, 6.45) is 10.1. The molecule has 132 valence electrons. The number of aromatic nitrogens is 1. The summed E-state index contributed by atoms with van der Waals surface area (Å²) in [7, 11) is 1.75. The molecule has 1 aromatic heterocycles. The minimum absolute atomic E-state index is 0.652. The molecule has 25 heavy (non-hydrogen) atoms. The molecule has 0 atom stereocenters. The molecule has 1 aromatic rings. The quantitative estimate of drug-likeness (QED) is 0.613. The van der Waals surface area contributed by atoms with Gasteiger partial charge >= 0.3 is 0 Å². The lowest BCUT2D eigenvalue weighted by Crippen LogP contribution is -2.19. The van der Waals surface area contributed by atoms with Gasteiger partial charge in [0.2, 0.25) is 5.88 Å². The number of anilines is 1. The molecule has 0 aromatic carbocycles. The lowest BCUT2D eigenvalue weighted by molar-refractivity contribution is 0.310. The highest BCUT2D eigenvalue weighted by Gasteiger charge is 2.15. The number of ether oxygens (including phenoxy) is 1. The number of hydrogen-bond acceptors (Lipinski definition) is 4. The number of pyridine rings is 1. The second-order valence-electron chi connectivity index (χ2n) is 5.30. The van der Waals surface area contributed by atoms with Crippen molar-refractivity contribution in [2.75, 3.05) is 25.5 Å². The second kappa shape index (κ2) is 8.97. The van der Waals surface area contributed by atoms with E-state index < -0.39 is 0 Å². The van der Waals surface area contributed by atoms with E-state index in [0.717, 1.165) is 40.5 Å². The Morgan fingerprint density at radius 1 is 1.32 bits per heavy atom. The van der Waals surface area contributed by atoms with Crippen LogP contribution in [0.1, 0.15) is 33.3 Å². The zero-order valence-electron chi connectivity index (χ0n) is 15.6. The van der Waals surface area contributed by atoms with Crippen molar-refractivity contribution in [3.63, 3.8) is 0 Å². The first-order valence-electron chi connectivity index (χ1n) is 8.67. The zero-order valence-corrected chi connectivity index (χ0v) is 15.6. The van der Waals surface area contributed by atoms with Crippen LogP contribution in [0.4, 0.5) is 5.69 Å². The third kappa shape index (κ3) is 4.44. The molecule has 3 rings (SSSR count). The van der Waals surface area contributed by atoms with Gasteiger partial charge in [0, 0.05) is 25.4 Å². The van der Waals surface area contributed by atoms with Gasteiger partial charge in [-0.25, -0.2) is 9.98 Å². The van der Waals surface area contributed by atoms with Crippen LogP contribution in [0.25, 0.3) is 5.57 Å². The van der Waals surface area contributed by atoms with Crippen molar-refractivity contribution in [2.45, 2.75) is 27.7 Å².